The summed E-state index contributed by atoms with van der Waals surface area (Å²) in [5.74, 6) is -3.14. The van der Waals surface area contributed by atoms with Crippen LogP contribution in [0.3, 0.4) is 0 Å². The molecule has 9 nitrogen and oxygen atoms in total. The number of para-hydroxylation sites is 1. The molecule has 2 fully saturated rings. The lowest BCUT2D eigenvalue weighted by Gasteiger charge is -2.31. The van der Waals surface area contributed by atoms with Crippen LogP contribution in [-0.2, 0) is 25.3 Å². The number of aromatic amines is 1. The predicted octanol–water partition coefficient (Wildman–Crippen LogP) is 3.49. The first-order chi connectivity index (χ1) is 19.6. The molecule has 0 aliphatic carbocycles. The van der Waals surface area contributed by atoms with Crippen LogP contribution in [0.1, 0.15) is 21.9 Å². The van der Waals surface area contributed by atoms with E-state index in [1.807, 2.05) is 0 Å². The van der Waals surface area contributed by atoms with Crippen molar-refractivity contribution < 1.29 is 37.0 Å². The number of ether oxygens (including phenoxy) is 2. The number of rotatable bonds is 5. The first kappa shape index (κ1) is 27.5. The molecule has 3 atom stereocenters. The molecule has 1 N–H and O–H groups in total. The van der Waals surface area contributed by atoms with Gasteiger partial charge in [0.2, 0.25) is 11.8 Å². The number of imide groups is 1. The largest absolute Gasteiger partial charge is 0.483 e. The van der Waals surface area contributed by atoms with E-state index in [4.69, 9.17) is 9.47 Å². The number of morpholine rings is 1. The van der Waals surface area contributed by atoms with Gasteiger partial charge in [-0.15, -0.1) is 0 Å². The third kappa shape index (κ3) is 5.04. The van der Waals surface area contributed by atoms with Gasteiger partial charge in [-0.25, -0.2) is 4.90 Å². The Morgan fingerprint density at radius 1 is 1.05 bits per heavy atom. The first-order valence-corrected chi connectivity index (χ1v) is 14.3. The molecule has 41 heavy (non-hydrogen) atoms. The highest BCUT2D eigenvalue weighted by atomic mass is 32.2. The fraction of sp³-hybridized carbons (Fsp3) is 0.333. The number of aromatic nitrogens is 1. The van der Waals surface area contributed by atoms with Gasteiger partial charge in [-0.05, 0) is 24.3 Å². The highest BCUT2D eigenvalue weighted by Gasteiger charge is 2.57. The van der Waals surface area contributed by atoms with Gasteiger partial charge >= 0.3 is 11.0 Å². The van der Waals surface area contributed by atoms with Gasteiger partial charge < -0.3 is 19.4 Å². The lowest BCUT2D eigenvalue weighted by atomic mass is 9.82. The van der Waals surface area contributed by atoms with E-state index in [0.717, 1.165) is 46.2 Å². The molecule has 3 aromatic rings. The fourth-order valence-electron chi connectivity index (χ4n) is 5.34. The van der Waals surface area contributed by atoms with Crippen molar-refractivity contribution >= 4 is 46.5 Å². The smallest absolute Gasteiger partial charge is 0.416 e. The Kier molecular flexibility index (Phi) is 7.16. The van der Waals surface area contributed by atoms with Crippen LogP contribution in [0.5, 0.6) is 5.75 Å². The van der Waals surface area contributed by atoms with Crippen LogP contribution in [-0.4, -0.2) is 65.8 Å². The van der Waals surface area contributed by atoms with E-state index < -0.39 is 40.6 Å². The summed E-state index contributed by atoms with van der Waals surface area (Å²) in [5.41, 5.74) is -0.677. The third-order valence-corrected chi connectivity index (χ3v) is 9.63. The monoisotopic (exact) mass is 605 g/mol. The molecular formula is C27H22F3N3O6S2. The maximum atomic E-state index is 13.9. The summed E-state index contributed by atoms with van der Waals surface area (Å²) in [6.07, 6.45) is -4.66. The first-order valence-electron chi connectivity index (χ1n) is 12.7. The van der Waals surface area contributed by atoms with Crippen LogP contribution in [0.2, 0.25) is 0 Å². The third-order valence-electron chi connectivity index (χ3n) is 7.22. The molecule has 3 amide bonds. The topological polar surface area (TPSA) is 109 Å². The molecular weight excluding hydrogens is 583 g/mol. The molecule has 6 rings (SSSR count). The Morgan fingerprint density at radius 3 is 2.56 bits per heavy atom. The number of thiazole rings is 1. The number of carbonyl (C=O) groups excluding carboxylic acids is 3. The molecule has 3 unspecified atom stereocenters. The van der Waals surface area contributed by atoms with Crippen molar-refractivity contribution in [2.24, 2.45) is 5.92 Å². The average molecular weight is 606 g/mol. The van der Waals surface area contributed by atoms with Crippen molar-refractivity contribution in [1.82, 2.24) is 9.88 Å². The summed E-state index contributed by atoms with van der Waals surface area (Å²) in [4.78, 5) is 57.9. The minimum Gasteiger partial charge on any atom is -0.483 e. The molecule has 14 heteroatoms. The second-order valence-corrected chi connectivity index (χ2v) is 11.8. The summed E-state index contributed by atoms with van der Waals surface area (Å²) >= 11 is 1.91. The SMILES string of the molecule is O=C(COc1ccccc1C1c2sc(=O)[nH]c2SC2C(=O)N(c3cccc(C(F)(F)F)c3)C(=O)C21)N1CCOCC1. The Bertz CT molecular complexity index is 1580. The van der Waals surface area contributed by atoms with Crippen molar-refractivity contribution in [1.29, 1.82) is 0 Å². The number of nitrogens with one attached hydrogen (secondary N) is 1. The van der Waals surface area contributed by atoms with Crippen molar-refractivity contribution in [3.63, 3.8) is 0 Å². The van der Waals surface area contributed by atoms with Gasteiger partial charge in [-0.2, -0.15) is 13.2 Å². The van der Waals surface area contributed by atoms with E-state index in [0.29, 0.717) is 47.5 Å². The number of thioether (sulfide) groups is 1. The molecule has 0 saturated carbocycles. The van der Waals surface area contributed by atoms with Gasteiger partial charge in [-0.1, -0.05) is 47.4 Å². The zero-order valence-electron chi connectivity index (χ0n) is 21.2. The number of H-pyrrole nitrogens is 1. The molecule has 3 aliphatic heterocycles. The van der Waals surface area contributed by atoms with Crippen LogP contribution < -0.4 is 14.5 Å². The number of amides is 3. The molecule has 4 heterocycles. The normalized spacial score (nSPS) is 22.5. The standard InChI is InChI=1S/C27H22F3N3O6S2/c28-27(29,30)14-4-3-5-15(12-14)33-24(35)20-19(21-23(31-26(37)41-21)40-22(20)25(33)36)16-6-1-2-7-17(16)39-13-18(34)32-8-10-38-11-9-32/h1-7,12,19-20,22H,8-11,13H2,(H,31,37). The van der Waals surface area contributed by atoms with Gasteiger partial charge in [0.05, 0.1) is 35.4 Å². The zero-order valence-corrected chi connectivity index (χ0v) is 22.8. The number of halogens is 3. The number of anilines is 1. The van der Waals surface area contributed by atoms with Crippen molar-refractivity contribution in [3.8, 4) is 5.75 Å². The van der Waals surface area contributed by atoms with Gasteiger partial charge in [-0.3, -0.25) is 19.2 Å². The van der Waals surface area contributed by atoms with Crippen LogP contribution in [0.25, 0.3) is 0 Å². The Balaban J connectivity index is 1.37. The zero-order chi connectivity index (χ0) is 28.9. The van der Waals surface area contributed by atoms with E-state index in [-0.39, 0.29) is 23.1 Å². The number of nitrogens with zero attached hydrogens (tertiary/aromatic N) is 2. The molecule has 2 saturated heterocycles. The summed E-state index contributed by atoms with van der Waals surface area (Å²) in [7, 11) is 0. The number of carbonyl (C=O) groups is 3. The number of benzene rings is 2. The van der Waals surface area contributed by atoms with Gasteiger partial charge in [0.15, 0.2) is 6.61 Å². The van der Waals surface area contributed by atoms with E-state index in [2.05, 4.69) is 4.98 Å². The van der Waals surface area contributed by atoms with Crippen LogP contribution >= 0.6 is 23.1 Å². The summed E-state index contributed by atoms with van der Waals surface area (Å²) < 4.78 is 51.5. The highest BCUT2D eigenvalue weighted by molar-refractivity contribution is 8.00. The summed E-state index contributed by atoms with van der Waals surface area (Å²) in [5, 5.41) is -0.583. The number of hydrogen-bond acceptors (Lipinski definition) is 8. The predicted molar refractivity (Wildman–Crippen MR) is 143 cm³/mol. The number of hydrogen-bond donors (Lipinski definition) is 1. The minimum absolute atomic E-state index is 0.180. The average Bonchev–Trinajstić information content (AvgIpc) is 3.46. The summed E-state index contributed by atoms with van der Waals surface area (Å²) in [6.45, 7) is 1.47. The molecule has 0 bridgehead atoms. The second kappa shape index (κ2) is 10.7. The Morgan fingerprint density at radius 2 is 1.80 bits per heavy atom. The Hall–Kier alpha value is -3.62. The lowest BCUT2D eigenvalue weighted by molar-refractivity contribution is -0.138. The fourth-order valence-corrected chi connectivity index (χ4v) is 7.85. The van der Waals surface area contributed by atoms with Gasteiger partial charge in [0.25, 0.3) is 5.91 Å². The number of fused-ring (bicyclic) bond motifs is 2. The number of alkyl halides is 3. The molecule has 0 spiro atoms. The molecule has 214 valence electrons. The lowest BCUT2D eigenvalue weighted by Crippen LogP contribution is -2.43. The van der Waals surface area contributed by atoms with Crippen molar-refractivity contribution in [2.45, 2.75) is 22.4 Å². The van der Waals surface area contributed by atoms with Crippen molar-refractivity contribution in [2.75, 3.05) is 37.8 Å². The van der Waals surface area contributed by atoms with Crippen LogP contribution in [0.4, 0.5) is 18.9 Å². The second-order valence-electron chi connectivity index (χ2n) is 9.63. The van der Waals surface area contributed by atoms with E-state index in [1.54, 1.807) is 29.2 Å². The van der Waals surface area contributed by atoms with E-state index >= 15 is 0 Å². The molecule has 2 aromatic carbocycles. The maximum Gasteiger partial charge on any atom is 0.416 e. The minimum atomic E-state index is -4.66. The van der Waals surface area contributed by atoms with Crippen LogP contribution in [0.15, 0.2) is 58.4 Å². The van der Waals surface area contributed by atoms with E-state index in [1.165, 1.54) is 6.07 Å². The van der Waals surface area contributed by atoms with E-state index in [9.17, 15) is 32.3 Å². The maximum absolute atomic E-state index is 13.9. The van der Waals surface area contributed by atoms with Crippen LogP contribution in [0, 0.1) is 5.92 Å². The Labute approximate surface area is 239 Å². The molecule has 0 radical (unpaired) electrons. The van der Waals surface area contributed by atoms with Gasteiger partial charge in [0.1, 0.15) is 11.0 Å². The van der Waals surface area contributed by atoms with Gasteiger partial charge in [0, 0.05) is 29.4 Å². The molecule has 1 aromatic heterocycles. The summed E-state index contributed by atoms with van der Waals surface area (Å²) in [6, 6.07) is 10.8. The molecule has 3 aliphatic rings. The quantitative estimate of drug-likeness (QED) is 0.444. The van der Waals surface area contributed by atoms with Crippen molar-refractivity contribution in [3.05, 3.63) is 74.2 Å². The highest BCUT2D eigenvalue weighted by Crippen LogP contribution is 2.54.